The Kier molecular flexibility index (Phi) is 3.20. The lowest BCUT2D eigenvalue weighted by atomic mass is 9.79. The standard InChI is InChI=1S/C16H18N2O3/c1-11-10-17-15(21)18(11)13-6-4-12(5-7-13)16(14(19)20)8-2-3-9-16/h4-7,10H,2-3,8-9H2,1H3,(H,17,21)(H,19,20). The molecule has 1 saturated carbocycles. The van der Waals surface area contributed by atoms with Gasteiger partial charge >= 0.3 is 11.7 Å². The van der Waals surface area contributed by atoms with Gasteiger partial charge in [-0.05, 0) is 37.5 Å². The third-order valence-electron chi connectivity index (χ3n) is 4.50. The van der Waals surface area contributed by atoms with Crippen LogP contribution >= 0.6 is 0 Å². The zero-order valence-electron chi connectivity index (χ0n) is 11.9. The minimum absolute atomic E-state index is 0.186. The van der Waals surface area contributed by atoms with Gasteiger partial charge in [-0.25, -0.2) is 4.79 Å². The van der Waals surface area contributed by atoms with E-state index in [9.17, 15) is 14.7 Å². The normalized spacial score (nSPS) is 17.0. The highest BCUT2D eigenvalue weighted by atomic mass is 16.4. The molecule has 1 aromatic heterocycles. The first-order valence-electron chi connectivity index (χ1n) is 7.16. The molecule has 0 radical (unpaired) electrons. The maximum Gasteiger partial charge on any atom is 0.330 e. The number of H-pyrrole nitrogens is 1. The van der Waals surface area contributed by atoms with Gasteiger partial charge in [0, 0.05) is 11.9 Å². The Balaban J connectivity index is 2.02. The molecule has 0 bridgehead atoms. The van der Waals surface area contributed by atoms with Crippen molar-refractivity contribution >= 4 is 5.97 Å². The third-order valence-corrected chi connectivity index (χ3v) is 4.50. The van der Waals surface area contributed by atoms with Gasteiger partial charge in [0.2, 0.25) is 0 Å². The molecule has 2 N–H and O–H groups in total. The summed E-state index contributed by atoms with van der Waals surface area (Å²) in [5, 5.41) is 9.60. The van der Waals surface area contributed by atoms with Crippen LogP contribution < -0.4 is 5.69 Å². The van der Waals surface area contributed by atoms with E-state index < -0.39 is 11.4 Å². The largest absolute Gasteiger partial charge is 0.481 e. The molecule has 1 fully saturated rings. The monoisotopic (exact) mass is 286 g/mol. The van der Waals surface area contributed by atoms with E-state index in [1.54, 1.807) is 10.8 Å². The smallest absolute Gasteiger partial charge is 0.330 e. The number of nitrogens with zero attached hydrogens (tertiary/aromatic N) is 1. The van der Waals surface area contributed by atoms with Crippen LogP contribution in [0.15, 0.2) is 35.3 Å². The molecule has 0 amide bonds. The second kappa shape index (κ2) is 4.91. The van der Waals surface area contributed by atoms with Crippen molar-refractivity contribution in [2.24, 2.45) is 0 Å². The van der Waals surface area contributed by atoms with Crippen LogP contribution in [0.4, 0.5) is 0 Å². The van der Waals surface area contributed by atoms with Gasteiger partial charge < -0.3 is 10.1 Å². The Hall–Kier alpha value is -2.30. The van der Waals surface area contributed by atoms with E-state index in [0.717, 1.165) is 29.8 Å². The molecule has 5 heteroatoms. The van der Waals surface area contributed by atoms with E-state index in [4.69, 9.17) is 0 Å². The molecule has 1 aliphatic rings. The van der Waals surface area contributed by atoms with Crippen LogP contribution in [-0.2, 0) is 10.2 Å². The highest BCUT2D eigenvalue weighted by Crippen LogP contribution is 2.41. The molecule has 3 rings (SSSR count). The zero-order chi connectivity index (χ0) is 15.0. The number of carboxylic acids is 1. The Labute approximate surface area is 122 Å². The summed E-state index contributed by atoms with van der Waals surface area (Å²) in [6, 6.07) is 7.32. The Bertz CT molecular complexity index is 719. The minimum Gasteiger partial charge on any atom is -0.481 e. The van der Waals surface area contributed by atoms with Crippen LogP contribution in [-0.4, -0.2) is 20.6 Å². The lowest BCUT2D eigenvalue weighted by Crippen LogP contribution is -2.32. The average molecular weight is 286 g/mol. The van der Waals surface area contributed by atoms with Gasteiger partial charge in [0.25, 0.3) is 0 Å². The van der Waals surface area contributed by atoms with Crippen molar-refractivity contribution in [3.05, 3.63) is 52.2 Å². The molecule has 0 saturated heterocycles. The van der Waals surface area contributed by atoms with Gasteiger partial charge in [-0.2, -0.15) is 0 Å². The maximum absolute atomic E-state index is 11.8. The van der Waals surface area contributed by atoms with Crippen LogP contribution in [0.2, 0.25) is 0 Å². The summed E-state index contributed by atoms with van der Waals surface area (Å²) < 4.78 is 1.58. The molecule has 5 nitrogen and oxygen atoms in total. The Morgan fingerprint density at radius 2 is 1.86 bits per heavy atom. The average Bonchev–Trinajstić information content (AvgIpc) is 3.08. The van der Waals surface area contributed by atoms with Crippen molar-refractivity contribution in [1.82, 2.24) is 9.55 Å². The first-order chi connectivity index (χ1) is 10.0. The summed E-state index contributed by atoms with van der Waals surface area (Å²) >= 11 is 0. The third kappa shape index (κ3) is 2.09. The summed E-state index contributed by atoms with van der Waals surface area (Å²) in [5.41, 5.74) is 1.46. The predicted octanol–water partition coefficient (Wildman–Crippen LogP) is 2.37. The van der Waals surface area contributed by atoms with Gasteiger partial charge in [-0.3, -0.25) is 9.36 Å². The number of benzene rings is 1. The number of aryl methyl sites for hydroxylation is 1. The first-order valence-corrected chi connectivity index (χ1v) is 7.16. The lowest BCUT2D eigenvalue weighted by molar-refractivity contribution is -0.143. The molecular weight excluding hydrogens is 268 g/mol. The number of hydrogen-bond donors (Lipinski definition) is 2. The number of carboxylic acid groups (broad SMARTS) is 1. The van der Waals surface area contributed by atoms with Crippen LogP contribution in [0.3, 0.4) is 0 Å². The van der Waals surface area contributed by atoms with Crippen LogP contribution in [0, 0.1) is 6.92 Å². The lowest BCUT2D eigenvalue weighted by Gasteiger charge is -2.24. The fraction of sp³-hybridized carbons (Fsp3) is 0.375. The fourth-order valence-electron chi connectivity index (χ4n) is 3.31. The summed E-state index contributed by atoms with van der Waals surface area (Å²) in [6.45, 7) is 1.85. The molecule has 0 aliphatic heterocycles. The van der Waals surface area contributed by atoms with Gasteiger partial charge in [0.1, 0.15) is 0 Å². The molecule has 0 unspecified atom stereocenters. The van der Waals surface area contributed by atoms with E-state index in [-0.39, 0.29) is 5.69 Å². The van der Waals surface area contributed by atoms with Crippen molar-refractivity contribution in [2.45, 2.75) is 38.0 Å². The number of hydrogen-bond acceptors (Lipinski definition) is 2. The molecule has 1 heterocycles. The van der Waals surface area contributed by atoms with Gasteiger partial charge in [-0.1, -0.05) is 25.0 Å². The minimum atomic E-state index is -0.753. The SMILES string of the molecule is Cc1c[nH]c(=O)n1-c1ccc(C2(C(=O)O)CCCC2)cc1. The number of nitrogens with one attached hydrogen (secondary N) is 1. The van der Waals surface area contributed by atoms with E-state index in [2.05, 4.69) is 4.98 Å². The predicted molar refractivity (Wildman–Crippen MR) is 78.9 cm³/mol. The van der Waals surface area contributed by atoms with Crippen LogP contribution in [0.1, 0.15) is 36.9 Å². The van der Waals surface area contributed by atoms with E-state index in [1.807, 2.05) is 31.2 Å². The topological polar surface area (TPSA) is 75.1 Å². The number of aromatic amines is 1. The molecule has 0 atom stereocenters. The molecule has 1 aromatic carbocycles. The number of aliphatic carboxylic acids is 1. The van der Waals surface area contributed by atoms with Gasteiger partial charge in [0.05, 0.1) is 11.1 Å². The molecule has 2 aromatic rings. The van der Waals surface area contributed by atoms with E-state index >= 15 is 0 Å². The molecule has 110 valence electrons. The molecule has 1 aliphatic carbocycles. The molecule has 0 spiro atoms. The fourth-order valence-corrected chi connectivity index (χ4v) is 3.31. The molecular formula is C16H18N2O3. The highest BCUT2D eigenvalue weighted by molar-refractivity contribution is 5.81. The van der Waals surface area contributed by atoms with Crippen molar-refractivity contribution < 1.29 is 9.90 Å². The van der Waals surface area contributed by atoms with Gasteiger partial charge in [0.15, 0.2) is 0 Å². The second-order valence-corrected chi connectivity index (χ2v) is 5.71. The van der Waals surface area contributed by atoms with Crippen molar-refractivity contribution in [3.8, 4) is 5.69 Å². The molecule has 21 heavy (non-hydrogen) atoms. The summed E-state index contributed by atoms with van der Waals surface area (Å²) in [6.07, 6.45) is 4.93. The number of carbonyl (C=O) groups is 1. The number of rotatable bonds is 3. The van der Waals surface area contributed by atoms with Crippen molar-refractivity contribution in [2.75, 3.05) is 0 Å². The summed E-state index contributed by atoms with van der Waals surface area (Å²) in [4.78, 5) is 26.1. The quantitative estimate of drug-likeness (QED) is 0.909. The van der Waals surface area contributed by atoms with Crippen molar-refractivity contribution in [1.29, 1.82) is 0 Å². The van der Waals surface area contributed by atoms with Gasteiger partial charge in [-0.15, -0.1) is 0 Å². The first kappa shape index (κ1) is 13.7. The van der Waals surface area contributed by atoms with Crippen LogP contribution in [0.5, 0.6) is 0 Å². The van der Waals surface area contributed by atoms with Crippen LogP contribution in [0.25, 0.3) is 5.69 Å². The Morgan fingerprint density at radius 1 is 1.24 bits per heavy atom. The van der Waals surface area contributed by atoms with Crippen molar-refractivity contribution in [3.63, 3.8) is 0 Å². The number of aromatic nitrogens is 2. The summed E-state index contributed by atoms with van der Waals surface area (Å²) in [7, 11) is 0. The second-order valence-electron chi connectivity index (χ2n) is 5.71. The maximum atomic E-state index is 11.8. The highest BCUT2D eigenvalue weighted by Gasteiger charge is 2.42. The zero-order valence-corrected chi connectivity index (χ0v) is 11.9. The number of imidazole rings is 1. The van der Waals surface area contributed by atoms with E-state index in [0.29, 0.717) is 12.8 Å². The summed E-state index contributed by atoms with van der Waals surface area (Å²) in [5.74, 6) is -0.747. The van der Waals surface area contributed by atoms with E-state index in [1.165, 1.54) is 0 Å². The Morgan fingerprint density at radius 3 is 2.33 bits per heavy atom.